The Kier molecular flexibility index (Phi) is 4.24. The first-order valence-corrected chi connectivity index (χ1v) is 7.64. The van der Waals surface area contributed by atoms with Crippen molar-refractivity contribution in [2.75, 3.05) is 6.54 Å². The van der Waals surface area contributed by atoms with Crippen molar-refractivity contribution >= 4 is 16.8 Å². The molecule has 0 radical (unpaired) electrons. The molecule has 22 heavy (non-hydrogen) atoms. The molecule has 0 aliphatic carbocycles. The normalized spacial score (nSPS) is 10.8. The van der Waals surface area contributed by atoms with E-state index < -0.39 is 0 Å². The van der Waals surface area contributed by atoms with E-state index in [2.05, 4.69) is 35.4 Å². The molecule has 2 N–H and O–H groups in total. The molecule has 0 aliphatic heterocycles. The van der Waals surface area contributed by atoms with E-state index in [0.29, 0.717) is 12.2 Å². The summed E-state index contributed by atoms with van der Waals surface area (Å²) in [5.74, 6) is -0.0399. The number of carbonyl (C=O) groups is 1. The quantitative estimate of drug-likeness (QED) is 0.690. The van der Waals surface area contributed by atoms with Crippen molar-refractivity contribution in [1.82, 2.24) is 10.3 Å². The number of hydrogen-bond acceptors (Lipinski definition) is 1. The van der Waals surface area contributed by atoms with E-state index in [0.717, 1.165) is 23.7 Å². The third-order valence-corrected chi connectivity index (χ3v) is 3.79. The number of H-pyrrole nitrogens is 1. The number of amides is 1. The fourth-order valence-electron chi connectivity index (χ4n) is 2.61. The number of benzene rings is 2. The molecule has 0 aliphatic rings. The van der Waals surface area contributed by atoms with Gasteiger partial charge in [0.2, 0.25) is 0 Å². The molecule has 3 nitrogen and oxygen atoms in total. The molecule has 112 valence electrons. The van der Waals surface area contributed by atoms with Gasteiger partial charge in [-0.25, -0.2) is 0 Å². The van der Waals surface area contributed by atoms with Crippen LogP contribution in [0, 0.1) is 6.92 Å². The molecule has 3 aromatic rings. The summed E-state index contributed by atoms with van der Waals surface area (Å²) in [5, 5.41) is 4.05. The highest BCUT2D eigenvalue weighted by Gasteiger charge is 2.08. The van der Waals surface area contributed by atoms with Crippen molar-refractivity contribution in [1.29, 1.82) is 0 Å². The zero-order valence-electron chi connectivity index (χ0n) is 12.7. The summed E-state index contributed by atoms with van der Waals surface area (Å²) in [6.07, 6.45) is 1.92. The van der Waals surface area contributed by atoms with Gasteiger partial charge in [0, 0.05) is 17.4 Å². The van der Waals surface area contributed by atoms with Crippen molar-refractivity contribution in [3.05, 3.63) is 71.4 Å². The minimum absolute atomic E-state index is 0.0399. The van der Waals surface area contributed by atoms with E-state index in [-0.39, 0.29) is 5.91 Å². The molecule has 1 aromatic heterocycles. The number of rotatable bonds is 5. The number of hydrogen-bond donors (Lipinski definition) is 2. The summed E-state index contributed by atoms with van der Waals surface area (Å²) in [6, 6.07) is 18.4. The van der Waals surface area contributed by atoms with Crippen LogP contribution in [0.2, 0.25) is 0 Å². The molecule has 1 heterocycles. The third-order valence-electron chi connectivity index (χ3n) is 3.79. The Bertz CT molecular complexity index is 774. The van der Waals surface area contributed by atoms with E-state index in [1.165, 1.54) is 11.1 Å². The first-order valence-electron chi connectivity index (χ1n) is 7.64. The van der Waals surface area contributed by atoms with Gasteiger partial charge in [0.25, 0.3) is 5.91 Å². The highest BCUT2D eigenvalue weighted by atomic mass is 16.1. The molecule has 1 amide bonds. The second-order valence-corrected chi connectivity index (χ2v) is 5.62. The van der Waals surface area contributed by atoms with Gasteiger partial charge >= 0.3 is 0 Å². The van der Waals surface area contributed by atoms with Gasteiger partial charge < -0.3 is 10.3 Å². The second kappa shape index (κ2) is 6.48. The Balaban J connectivity index is 1.54. The molecule has 0 unspecified atom stereocenters. The van der Waals surface area contributed by atoms with Crippen LogP contribution in [-0.2, 0) is 6.42 Å². The third kappa shape index (κ3) is 3.37. The second-order valence-electron chi connectivity index (χ2n) is 5.62. The lowest BCUT2D eigenvalue weighted by Crippen LogP contribution is -2.25. The molecule has 0 bridgehead atoms. The first-order chi connectivity index (χ1) is 10.7. The van der Waals surface area contributed by atoms with Crippen molar-refractivity contribution in [3.8, 4) is 0 Å². The van der Waals surface area contributed by atoms with Gasteiger partial charge in [-0.3, -0.25) is 4.79 Å². The fourth-order valence-corrected chi connectivity index (χ4v) is 2.61. The largest absolute Gasteiger partial charge is 0.351 e. The molecular weight excluding hydrogens is 272 g/mol. The van der Waals surface area contributed by atoms with E-state index in [4.69, 9.17) is 0 Å². The smallest absolute Gasteiger partial charge is 0.267 e. The first kappa shape index (κ1) is 14.4. The van der Waals surface area contributed by atoms with E-state index in [1.54, 1.807) is 0 Å². The number of aromatic nitrogens is 1. The predicted octanol–water partition coefficient (Wildman–Crippen LogP) is 3.84. The number of nitrogens with one attached hydrogen (secondary N) is 2. The van der Waals surface area contributed by atoms with Crippen LogP contribution in [0.5, 0.6) is 0 Å². The topological polar surface area (TPSA) is 44.9 Å². The number of aryl methyl sites for hydroxylation is 2. The van der Waals surface area contributed by atoms with Gasteiger partial charge in [0.15, 0.2) is 0 Å². The summed E-state index contributed by atoms with van der Waals surface area (Å²) in [4.78, 5) is 15.3. The SMILES string of the molecule is Cc1ccc2[nH]c(C(=O)NCCCc3ccccc3)cc2c1. The Hall–Kier alpha value is -2.55. The van der Waals surface area contributed by atoms with Crippen LogP contribution in [0.25, 0.3) is 10.9 Å². The average Bonchev–Trinajstić information content (AvgIpc) is 2.95. The maximum atomic E-state index is 12.2. The highest BCUT2D eigenvalue weighted by molar-refractivity contribution is 5.98. The molecule has 0 fully saturated rings. The molecule has 0 spiro atoms. The van der Waals surface area contributed by atoms with Gasteiger partial charge in [0.05, 0.1) is 0 Å². The molecule has 0 saturated carbocycles. The van der Waals surface area contributed by atoms with Crippen LogP contribution in [0.4, 0.5) is 0 Å². The number of aromatic amines is 1. The lowest BCUT2D eigenvalue weighted by molar-refractivity contribution is 0.0949. The summed E-state index contributed by atoms with van der Waals surface area (Å²) >= 11 is 0. The highest BCUT2D eigenvalue weighted by Crippen LogP contribution is 2.16. The van der Waals surface area contributed by atoms with Crippen molar-refractivity contribution in [3.63, 3.8) is 0 Å². The Morgan fingerprint density at radius 1 is 1.09 bits per heavy atom. The zero-order valence-corrected chi connectivity index (χ0v) is 12.7. The lowest BCUT2D eigenvalue weighted by atomic mass is 10.1. The van der Waals surface area contributed by atoms with Crippen LogP contribution in [-0.4, -0.2) is 17.4 Å². The number of carbonyl (C=O) groups excluding carboxylic acids is 1. The molecule has 0 atom stereocenters. The van der Waals surface area contributed by atoms with Gasteiger partial charge in [-0.15, -0.1) is 0 Å². The average molecular weight is 292 g/mol. The Labute approximate surface area is 130 Å². The van der Waals surface area contributed by atoms with E-state index in [9.17, 15) is 4.79 Å². The van der Waals surface area contributed by atoms with Crippen LogP contribution in [0.1, 0.15) is 28.0 Å². The van der Waals surface area contributed by atoms with Crippen LogP contribution >= 0.6 is 0 Å². The molecule has 3 rings (SSSR count). The van der Waals surface area contributed by atoms with Gasteiger partial charge in [-0.2, -0.15) is 0 Å². The summed E-state index contributed by atoms with van der Waals surface area (Å²) in [5.41, 5.74) is 4.12. The minimum atomic E-state index is -0.0399. The lowest BCUT2D eigenvalue weighted by Gasteiger charge is -2.04. The number of fused-ring (bicyclic) bond motifs is 1. The van der Waals surface area contributed by atoms with Gasteiger partial charge in [0.1, 0.15) is 5.69 Å². The van der Waals surface area contributed by atoms with Crippen molar-refractivity contribution < 1.29 is 4.79 Å². The zero-order chi connectivity index (χ0) is 15.4. The van der Waals surface area contributed by atoms with Crippen molar-refractivity contribution in [2.24, 2.45) is 0 Å². The van der Waals surface area contributed by atoms with Crippen LogP contribution in [0.3, 0.4) is 0 Å². The van der Waals surface area contributed by atoms with Gasteiger partial charge in [-0.05, 0) is 43.5 Å². The monoisotopic (exact) mass is 292 g/mol. The summed E-state index contributed by atoms with van der Waals surface area (Å²) in [7, 11) is 0. The van der Waals surface area contributed by atoms with Crippen LogP contribution < -0.4 is 5.32 Å². The Morgan fingerprint density at radius 2 is 1.91 bits per heavy atom. The maximum Gasteiger partial charge on any atom is 0.267 e. The standard InChI is InChI=1S/C19H20N2O/c1-14-9-10-17-16(12-14)13-18(21-17)19(22)20-11-5-8-15-6-3-2-4-7-15/h2-4,6-7,9-10,12-13,21H,5,8,11H2,1H3,(H,20,22). The molecule has 0 saturated heterocycles. The molecular formula is C19H20N2O. The minimum Gasteiger partial charge on any atom is -0.351 e. The van der Waals surface area contributed by atoms with E-state index >= 15 is 0 Å². The van der Waals surface area contributed by atoms with Crippen molar-refractivity contribution in [2.45, 2.75) is 19.8 Å². The summed E-state index contributed by atoms with van der Waals surface area (Å²) < 4.78 is 0. The summed E-state index contributed by atoms with van der Waals surface area (Å²) in [6.45, 7) is 2.73. The fraction of sp³-hybridized carbons (Fsp3) is 0.211. The molecule has 2 aromatic carbocycles. The Morgan fingerprint density at radius 3 is 2.73 bits per heavy atom. The predicted molar refractivity (Wildman–Crippen MR) is 90.1 cm³/mol. The van der Waals surface area contributed by atoms with Gasteiger partial charge in [-0.1, -0.05) is 42.0 Å². The van der Waals surface area contributed by atoms with Crippen LogP contribution in [0.15, 0.2) is 54.6 Å². The molecule has 3 heteroatoms. The van der Waals surface area contributed by atoms with E-state index in [1.807, 2.05) is 36.4 Å². The maximum absolute atomic E-state index is 12.2.